The number of hydrogen-bond acceptors (Lipinski definition) is 6. The average molecular weight is 413 g/mol. The lowest BCUT2D eigenvalue weighted by atomic mass is 10.0. The number of anilines is 2. The number of likely N-dealkylation sites (N-methyl/N-ethyl adjacent to an activating group) is 1. The van der Waals surface area contributed by atoms with Crippen LogP contribution in [0, 0.1) is 6.92 Å². The number of para-hydroxylation sites is 2. The van der Waals surface area contributed by atoms with Gasteiger partial charge in [-0.2, -0.15) is 8.42 Å². The van der Waals surface area contributed by atoms with E-state index in [1.54, 1.807) is 6.21 Å². The Morgan fingerprint density at radius 3 is 2.69 bits per heavy atom. The SMILES string of the molecule is Cc1ccc2c(c1)N(C(CCS(=O)(=O)O)C1N=CC=CN1C)c1ccccc1O2. The zero-order chi connectivity index (χ0) is 20.6. The highest BCUT2D eigenvalue weighted by Crippen LogP contribution is 2.49. The molecule has 2 aromatic carbocycles. The lowest BCUT2D eigenvalue weighted by Crippen LogP contribution is -2.49. The summed E-state index contributed by atoms with van der Waals surface area (Å²) in [6, 6.07) is 13.2. The molecule has 2 aliphatic heterocycles. The van der Waals surface area contributed by atoms with Crippen molar-refractivity contribution in [2.45, 2.75) is 25.6 Å². The summed E-state index contributed by atoms with van der Waals surface area (Å²) in [5.41, 5.74) is 2.75. The number of aliphatic imine (C=N–C) groups is 1. The summed E-state index contributed by atoms with van der Waals surface area (Å²) in [5.74, 6) is 1.03. The first-order valence-electron chi connectivity index (χ1n) is 9.37. The second kappa shape index (κ2) is 7.53. The van der Waals surface area contributed by atoms with Gasteiger partial charge in [-0.3, -0.25) is 9.55 Å². The molecule has 0 radical (unpaired) electrons. The van der Waals surface area contributed by atoms with E-state index >= 15 is 0 Å². The Kier molecular flexibility index (Phi) is 5.06. The van der Waals surface area contributed by atoms with Crippen molar-refractivity contribution in [1.82, 2.24) is 4.90 Å². The third kappa shape index (κ3) is 3.99. The van der Waals surface area contributed by atoms with Crippen molar-refractivity contribution in [3.63, 3.8) is 0 Å². The minimum atomic E-state index is -4.12. The van der Waals surface area contributed by atoms with Gasteiger partial charge in [-0.05, 0) is 49.2 Å². The highest BCUT2D eigenvalue weighted by atomic mass is 32.2. The zero-order valence-corrected chi connectivity index (χ0v) is 17.1. The molecule has 152 valence electrons. The molecule has 29 heavy (non-hydrogen) atoms. The van der Waals surface area contributed by atoms with Gasteiger partial charge in [-0.1, -0.05) is 18.2 Å². The molecule has 2 atom stereocenters. The predicted molar refractivity (Wildman–Crippen MR) is 114 cm³/mol. The molecule has 0 aromatic heterocycles. The van der Waals surface area contributed by atoms with Crippen LogP contribution < -0.4 is 9.64 Å². The van der Waals surface area contributed by atoms with Crippen molar-refractivity contribution >= 4 is 27.7 Å². The van der Waals surface area contributed by atoms with Crippen LogP contribution in [0.1, 0.15) is 12.0 Å². The normalized spacial score (nSPS) is 18.8. The van der Waals surface area contributed by atoms with Crippen molar-refractivity contribution in [2.75, 3.05) is 17.7 Å². The molecule has 0 saturated carbocycles. The first-order chi connectivity index (χ1) is 13.8. The number of ether oxygens (including phenoxy) is 1. The monoisotopic (exact) mass is 413 g/mol. The molecule has 8 heteroatoms. The number of aryl methyl sites for hydroxylation is 1. The van der Waals surface area contributed by atoms with E-state index in [9.17, 15) is 13.0 Å². The summed E-state index contributed by atoms with van der Waals surface area (Å²) in [7, 11) is -2.22. The van der Waals surface area contributed by atoms with Crippen molar-refractivity contribution in [3.8, 4) is 11.5 Å². The fourth-order valence-electron chi connectivity index (χ4n) is 3.81. The molecule has 2 heterocycles. The second-order valence-electron chi connectivity index (χ2n) is 7.27. The van der Waals surface area contributed by atoms with Gasteiger partial charge in [0, 0.05) is 19.5 Å². The Morgan fingerprint density at radius 1 is 1.17 bits per heavy atom. The summed E-state index contributed by atoms with van der Waals surface area (Å²) in [4.78, 5) is 8.64. The van der Waals surface area contributed by atoms with Gasteiger partial charge in [0.15, 0.2) is 11.5 Å². The van der Waals surface area contributed by atoms with Crippen LogP contribution >= 0.6 is 0 Å². The van der Waals surface area contributed by atoms with E-state index in [4.69, 9.17) is 4.74 Å². The van der Waals surface area contributed by atoms with Crippen LogP contribution in [-0.2, 0) is 10.1 Å². The van der Waals surface area contributed by atoms with E-state index in [1.165, 1.54) is 0 Å². The van der Waals surface area contributed by atoms with E-state index in [0.717, 1.165) is 16.9 Å². The summed E-state index contributed by atoms with van der Waals surface area (Å²) < 4.78 is 38.7. The van der Waals surface area contributed by atoms with Crippen LogP contribution in [0.15, 0.2) is 59.7 Å². The van der Waals surface area contributed by atoms with Crippen LogP contribution in [0.4, 0.5) is 11.4 Å². The van der Waals surface area contributed by atoms with E-state index in [-0.39, 0.29) is 24.4 Å². The van der Waals surface area contributed by atoms with Gasteiger partial charge in [0.2, 0.25) is 0 Å². The zero-order valence-electron chi connectivity index (χ0n) is 16.3. The highest BCUT2D eigenvalue weighted by molar-refractivity contribution is 7.85. The van der Waals surface area contributed by atoms with Crippen LogP contribution in [0.25, 0.3) is 0 Å². The van der Waals surface area contributed by atoms with E-state index in [1.807, 2.05) is 73.6 Å². The molecule has 0 amide bonds. The largest absolute Gasteiger partial charge is 0.453 e. The summed E-state index contributed by atoms with van der Waals surface area (Å²) in [6.45, 7) is 2.00. The first-order valence-corrected chi connectivity index (χ1v) is 11.0. The smallest absolute Gasteiger partial charge is 0.264 e. The lowest BCUT2D eigenvalue weighted by molar-refractivity contribution is 0.280. The molecule has 0 spiro atoms. The molecule has 0 saturated heterocycles. The highest BCUT2D eigenvalue weighted by Gasteiger charge is 2.36. The summed E-state index contributed by atoms with van der Waals surface area (Å²) >= 11 is 0. The van der Waals surface area contributed by atoms with E-state index in [0.29, 0.717) is 11.5 Å². The van der Waals surface area contributed by atoms with Crippen LogP contribution in [0.5, 0.6) is 11.5 Å². The molecular weight excluding hydrogens is 390 g/mol. The Bertz CT molecular complexity index is 1080. The molecule has 2 unspecified atom stereocenters. The van der Waals surface area contributed by atoms with Crippen molar-refractivity contribution in [1.29, 1.82) is 0 Å². The molecule has 7 nitrogen and oxygen atoms in total. The van der Waals surface area contributed by atoms with Gasteiger partial charge in [-0.25, -0.2) is 0 Å². The molecule has 0 aliphatic carbocycles. The summed E-state index contributed by atoms with van der Waals surface area (Å²) in [5, 5.41) is 0. The van der Waals surface area contributed by atoms with E-state index < -0.39 is 10.1 Å². The maximum absolute atomic E-state index is 11.6. The Hall–Kier alpha value is -2.84. The number of rotatable bonds is 5. The topological polar surface area (TPSA) is 82.4 Å². The third-order valence-corrected chi connectivity index (χ3v) is 5.88. The molecule has 1 N–H and O–H groups in total. The van der Waals surface area contributed by atoms with Gasteiger partial charge in [-0.15, -0.1) is 0 Å². The van der Waals surface area contributed by atoms with Gasteiger partial charge < -0.3 is 14.5 Å². The lowest BCUT2D eigenvalue weighted by Gasteiger charge is -2.43. The number of hydrogen-bond donors (Lipinski definition) is 1. The molecular formula is C21H23N3O4S. The molecule has 2 aliphatic rings. The van der Waals surface area contributed by atoms with Crippen LogP contribution in [0.2, 0.25) is 0 Å². The Balaban J connectivity index is 1.86. The minimum Gasteiger partial charge on any atom is -0.453 e. The maximum atomic E-state index is 11.6. The number of benzene rings is 2. The predicted octanol–water partition coefficient (Wildman–Crippen LogP) is 3.74. The third-order valence-electron chi connectivity index (χ3n) is 5.13. The maximum Gasteiger partial charge on any atom is 0.264 e. The van der Waals surface area contributed by atoms with Crippen LogP contribution in [0.3, 0.4) is 0 Å². The fourth-order valence-corrected chi connectivity index (χ4v) is 4.35. The van der Waals surface area contributed by atoms with Crippen molar-refractivity contribution < 1.29 is 17.7 Å². The van der Waals surface area contributed by atoms with Gasteiger partial charge in [0.05, 0.1) is 23.2 Å². The standard InChI is InChI=1S/C21H23N3O4S/c1-15-8-9-20-18(14-15)24(16-6-3-4-7-19(16)28-20)17(10-13-29(25,26)27)21-22-11-5-12-23(21)2/h3-9,11-12,14,17,21H,10,13H2,1-2H3,(H,25,26,27). The van der Waals surface area contributed by atoms with Gasteiger partial charge in [0.25, 0.3) is 10.1 Å². The fraction of sp³-hybridized carbons (Fsp3) is 0.286. The number of fused-ring (bicyclic) bond motifs is 2. The quantitative estimate of drug-likeness (QED) is 0.752. The molecule has 4 rings (SSSR count). The second-order valence-corrected chi connectivity index (χ2v) is 8.84. The van der Waals surface area contributed by atoms with Crippen molar-refractivity contribution in [2.24, 2.45) is 4.99 Å². The van der Waals surface area contributed by atoms with Crippen LogP contribution in [-0.4, -0.2) is 49.1 Å². The molecule has 2 aromatic rings. The van der Waals surface area contributed by atoms with Gasteiger partial charge in [0.1, 0.15) is 6.17 Å². The minimum absolute atomic E-state index is 0.195. The number of allylic oxidation sites excluding steroid dienone is 1. The van der Waals surface area contributed by atoms with Crippen molar-refractivity contribution in [3.05, 3.63) is 60.3 Å². The Morgan fingerprint density at radius 2 is 1.93 bits per heavy atom. The number of nitrogens with zero attached hydrogens (tertiary/aromatic N) is 3. The van der Waals surface area contributed by atoms with E-state index in [2.05, 4.69) is 9.89 Å². The van der Waals surface area contributed by atoms with Gasteiger partial charge >= 0.3 is 0 Å². The molecule has 0 bridgehead atoms. The first kappa shape index (κ1) is 19.5. The molecule has 0 fully saturated rings. The average Bonchev–Trinajstić information content (AvgIpc) is 2.68. The summed E-state index contributed by atoms with van der Waals surface area (Å²) in [6.07, 6.45) is 5.32. The Labute approximate surface area is 170 Å².